The number of benzene rings is 1. The van der Waals surface area contributed by atoms with Gasteiger partial charge in [0, 0.05) is 6.61 Å². The Morgan fingerprint density at radius 3 is 2.64 bits per heavy atom. The van der Waals surface area contributed by atoms with Crippen LogP contribution in [-0.2, 0) is 16.1 Å². The molecule has 1 aliphatic heterocycles. The van der Waals surface area contributed by atoms with Gasteiger partial charge >= 0.3 is 0 Å². The van der Waals surface area contributed by atoms with Crippen molar-refractivity contribution >= 4 is 11.6 Å². The number of alkyl halides is 1. The maximum atomic E-state index is 10.1. The number of methoxy groups -OCH3 is 1. The van der Waals surface area contributed by atoms with Gasteiger partial charge in [0.25, 0.3) is 0 Å². The summed E-state index contributed by atoms with van der Waals surface area (Å²) in [5.41, 5.74) is 1.10. The molecular weight excluding hydrogens is 340 g/mol. The van der Waals surface area contributed by atoms with Gasteiger partial charge in [-0.1, -0.05) is 31.2 Å². The summed E-state index contributed by atoms with van der Waals surface area (Å²) < 4.78 is 17.0. The van der Waals surface area contributed by atoms with Crippen molar-refractivity contribution in [1.82, 2.24) is 0 Å². The first kappa shape index (κ1) is 20.2. The van der Waals surface area contributed by atoms with Crippen LogP contribution < -0.4 is 4.74 Å². The van der Waals surface area contributed by atoms with Crippen molar-refractivity contribution in [3.63, 3.8) is 0 Å². The zero-order chi connectivity index (χ0) is 18.1. The summed E-state index contributed by atoms with van der Waals surface area (Å²) in [5.74, 6) is 0.838. The van der Waals surface area contributed by atoms with E-state index in [1.807, 2.05) is 31.2 Å². The predicted molar refractivity (Wildman–Crippen MR) is 100 cm³/mol. The summed E-state index contributed by atoms with van der Waals surface area (Å²) >= 11 is 6.47. The van der Waals surface area contributed by atoms with Gasteiger partial charge in [-0.05, 0) is 43.4 Å². The monoisotopic (exact) mass is 368 g/mol. The molecule has 1 aliphatic rings. The van der Waals surface area contributed by atoms with Gasteiger partial charge in [0.15, 0.2) is 0 Å². The molecule has 0 saturated carbocycles. The molecule has 0 fully saturated rings. The van der Waals surface area contributed by atoms with Gasteiger partial charge in [0.2, 0.25) is 0 Å². The molecule has 2 rings (SSSR count). The molecule has 0 unspecified atom stereocenters. The van der Waals surface area contributed by atoms with Crippen LogP contribution in [0.5, 0.6) is 5.75 Å². The van der Waals surface area contributed by atoms with E-state index >= 15 is 0 Å². The maximum Gasteiger partial charge on any atom is 0.118 e. The van der Waals surface area contributed by atoms with Crippen molar-refractivity contribution in [2.75, 3.05) is 13.7 Å². The van der Waals surface area contributed by atoms with Crippen LogP contribution in [-0.4, -0.2) is 42.5 Å². The molecule has 4 nitrogen and oxygen atoms in total. The maximum absolute atomic E-state index is 10.1. The number of halogens is 1. The average Bonchev–Trinajstić information content (AvgIpc) is 2.63. The second kappa shape index (κ2) is 10.8. The van der Waals surface area contributed by atoms with Gasteiger partial charge < -0.3 is 19.3 Å². The van der Waals surface area contributed by atoms with Gasteiger partial charge in [0.05, 0.1) is 37.4 Å². The van der Waals surface area contributed by atoms with Crippen LogP contribution in [0, 0.1) is 0 Å². The molecular formula is C20H29ClO4. The summed E-state index contributed by atoms with van der Waals surface area (Å²) in [5, 5.41) is 10.0. The molecule has 0 radical (unpaired) electrons. The van der Waals surface area contributed by atoms with E-state index in [-0.39, 0.29) is 17.6 Å². The van der Waals surface area contributed by atoms with Gasteiger partial charge in [-0.2, -0.15) is 0 Å². The quantitative estimate of drug-likeness (QED) is 0.426. The normalized spacial score (nSPS) is 26.5. The Hall–Kier alpha value is -1.07. The van der Waals surface area contributed by atoms with Crippen LogP contribution in [0.15, 0.2) is 36.4 Å². The molecule has 0 aromatic heterocycles. The van der Waals surface area contributed by atoms with Gasteiger partial charge in [0.1, 0.15) is 5.75 Å². The van der Waals surface area contributed by atoms with Crippen molar-refractivity contribution in [3.05, 3.63) is 42.0 Å². The molecule has 1 heterocycles. The summed E-state index contributed by atoms with van der Waals surface area (Å²) in [4.78, 5) is 0. The number of hydrogen-bond donors (Lipinski definition) is 1. The lowest BCUT2D eigenvalue weighted by molar-refractivity contribution is -0.0866. The zero-order valence-electron chi connectivity index (χ0n) is 15.1. The van der Waals surface area contributed by atoms with Crippen LogP contribution in [0.25, 0.3) is 0 Å². The third-order valence-corrected chi connectivity index (χ3v) is 4.93. The highest BCUT2D eigenvalue weighted by molar-refractivity contribution is 6.21. The number of ether oxygens (including phenoxy) is 3. The van der Waals surface area contributed by atoms with E-state index in [1.54, 1.807) is 7.11 Å². The van der Waals surface area contributed by atoms with Crippen LogP contribution >= 0.6 is 11.6 Å². The van der Waals surface area contributed by atoms with Crippen molar-refractivity contribution in [2.45, 2.75) is 62.9 Å². The summed E-state index contributed by atoms with van der Waals surface area (Å²) in [7, 11) is 1.65. The highest BCUT2D eigenvalue weighted by Crippen LogP contribution is 2.23. The molecule has 0 bridgehead atoms. The number of allylic oxidation sites excluding steroid dienone is 1. The van der Waals surface area contributed by atoms with Gasteiger partial charge in [-0.25, -0.2) is 0 Å². The summed E-state index contributed by atoms with van der Waals surface area (Å²) in [6.07, 6.45) is 6.24. The molecule has 0 saturated heterocycles. The third kappa shape index (κ3) is 6.63. The lowest BCUT2D eigenvalue weighted by atomic mass is 10.0. The van der Waals surface area contributed by atoms with E-state index in [9.17, 15) is 5.11 Å². The Labute approximate surface area is 155 Å². The average molecular weight is 369 g/mol. The fourth-order valence-corrected chi connectivity index (χ4v) is 3.13. The van der Waals surface area contributed by atoms with E-state index < -0.39 is 6.10 Å². The van der Waals surface area contributed by atoms with Crippen molar-refractivity contribution in [2.24, 2.45) is 0 Å². The molecule has 25 heavy (non-hydrogen) atoms. The molecule has 4 atom stereocenters. The Morgan fingerprint density at radius 2 is 1.96 bits per heavy atom. The summed E-state index contributed by atoms with van der Waals surface area (Å²) in [6.45, 7) is 3.07. The molecule has 5 heteroatoms. The number of aliphatic hydroxyl groups is 1. The van der Waals surface area contributed by atoms with Crippen LogP contribution in [0.3, 0.4) is 0 Å². The zero-order valence-corrected chi connectivity index (χ0v) is 15.8. The second-order valence-corrected chi connectivity index (χ2v) is 6.90. The number of rotatable bonds is 8. The first-order valence-electron chi connectivity index (χ1n) is 8.97. The smallest absolute Gasteiger partial charge is 0.118 e. The Kier molecular flexibility index (Phi) is 8.76. The highest BCUT2D eigenvalue weighted by Gasteiger charge is 2.27. The van der Waals surface area contributed by atoms with E-state index in [0.717, 1.165) is 24.2 Å². The fourth-order valence-electron chi connectivity index (χ4n) is 2.84. The van der Waals surface area contributed by atoms with Crippen LogP contribution in [0.1, 0.15) is 38.2 Å². The predicted octanol–water partition coefficient (Wildman–Crippen LogP) is 4.08. The number of hydrogen-bond acceptors (Lipinski definition) is 4. The highest BCUT2D eigenvalue weighted by atomic mass is 35.5. The molecule has 1 aromatic carbocycles. The topological polar surface area (TPSA) is 47.9 Å². The fraction of sp³-hybridized carbons (Fsp3) is 0.600. The lowest BCUT2D eigenvalue weighted by Crippen LogP contribution is -2.37. The largest absolute Gasteiger partial charge is 0.497 e. The summed E-state index contributed by atoms with van der Waals surface area (Å²) in [6, 6.07) is 7.84. The molecule has 0 spiro atoms. The minimum Gasteiger partial charge on any atom is -0.497 e. The Bertz CT molecular complexity index is 517. The molecule has 0 aliphatic carbocycles. The minimum atomic E-state index is -0.464. The van der Waals surface area contributed by atoms with Crippen LogP contribution in [0.4, 0.5) is 0 Å². The third-order valence-electron chi connectivity index (χ3n) is 4.47. The second-order valence-electron chi connectivity index (χ2n) is 6.34. The number of aliphatic hydroxyl groups excluding tert-OH is 1. The SMILES string of the molecule is CC[C@@H](O)[C@@H]1C/C=C\C[C@H](Cl)[C@H](CCOCc2ccc(OC)cc2)O1. The first-order chi connectivity index (χ1) is 12.1. The van der Waals surface area contributed by atoms with E-state index in [0.29, 0.717) is 26.1 Å². The van der Waals surface area contributed by atoms with Gasteiger partial charge in [-0.15, -0.1) is 11.6 Å². The van der Waals surface area contributed by atoms with Crippen molar-refractivity contribution in [3.8, 4) is 5.75 Å². The van der Waals surface area contributed by atoms with Crippen LogP contribution in [0.2, 0.25) is 0 Å². The molecule has 1 aromatic rings. The Morgan fingerprint density at radius 1 is 1.24 bits per heavy atom. The van der Waals surface area contributed by atoms with Crippen molar-refractivity contribution in [1.29, 1.82) is 0 Å². The molecule has 0 amide bonds. The molecule has 1 N–H and O–H groups in total. The minimum absolute atomic E-state index is 0.104. The Balaban J connectivity index is 1.80. The van der Waals surface area contributed by atoms with E-state index in [1.165, 1.54) is 0 Å². The standard InChI is InChI=1S/C20H29ClO4/c1-3-18(22)20-7-5-4-6-17(21)19(25-20)12-13-24-14-15-8-10-16(23-2)11-9-15/h4-5,8-11,17-20,22H,3,6-7,12-14H2,1-2H3/b5-4-/t17-,18+,19-,20-/m0/s1. The van der Waals surface area contributed by atoms with Gasteiger partial charge in [-0.3, -0.25) is 0 Å². The molecule has 140 valence electrons. The van der Waals surface area contributed by atoms with Crippen molar-refractivity contribution < 1.29 is 19.3 Å². The van der Waals surface area contributed by atoms with E-state index in [4.69, 9.17) is 25.8 Å². The van der Waals surface area contributed by atoms with E-state index in [2.05, 4.69) is 12.2 Å². The lowest BCUT2D eigenvalue weighted by Gasteiger charge is -2.31. The first-order valence-corrected chi connectivity index (χ1v) is 9.41.